The van der Waals surface area contributed by atoms with Crippen molar-refractivity contribution in [1.82, 2.24) is 5.32 Å². The first-order valence-corrected chi connectivity index (χ1v) is 6.06. The summed E-state index contributed by atoms with van der Waals surface area (Å²) in [4.78, 5) is 1.41. The minimum absolute atomic E-state index is 0.285. The fraction of sp³-hybridized carbons (Fsp3) is 0.667. The van der Waals surface area contributed by atoms with Gasteiger partial charge in [0, 0.05) is 10.9 Å². The van der Waals surface area contributed by atoms with Crippen molar-refractivity contribution >= 4 is 11.3 Å². The molecule has 1 heterocycles. The lowest BCUT2D eigenvalue weighted by atomic mass is 9.81. The fourth-order valence-electron chi connectivity index (χ4n) is 1.78. The standard InChI is InChI=1S/C12H21NS/c1-9(13-5)7-12(3,4)11-6-10(2)14-8-11/h6,8-9,13H,7H2,1-5H3. The third-order valence-electron chi connectivity index (χ3n) is 2.82. The molecule has 0 amide bonds. The highest BCUT2D eigenvalue weighted by Gasteiger charge is 2.23. The van der Waals surface area contributed by atoms with Gasteiger partial charge in [-0.25, -0.2) is 0 Å². The van der Waals surface area contributed by atoms with Crippen LogP contribution in [0.3, 0.4) is 0 Å². The molecule has 1 aromatic heterocycles. The van der Waals surface area contributed by atoms with E-state index in [1.165, 1.54) is 16.9 Å². The van der Waals surface area contributed by atoms with E-state index in [2.05, 4.69) is 44.5 Å². The molecule has 80 valence electrons. The molecule has 1 atom stereocenters. The minimum atomic E-state index is 0.285. The normalized spacial score (nSPS) is 14.4. The first kappa shape index (κ1) is 11.7. The van der Waals surface area contributed by atoms with Crippen molar-refractivity contribution in [1.29, 1.82) is 0 Å². The molecular formula is C12H21NS. The van der Waals surface area contributed by atoms with E-state index < -0.39 is 0 Å². The third kappa shape index (κ3) is 2.82. The van der Waals surface area contributed by atoms with Gasteiger partial charge in [-0.15, -0.1) is 11.3 Å². The smallest absolute Gasteiger partial charge is 0.00440 e. The van der Waals surface area contributed by atoms with E-state index in [1.54, 1.807) is 0 Å². The number of aryl methyl sites for hydroxylation is 1. The SMILES string of the molecule is CNC(C)CC(C)(C)c1csc(C)c1. The van der Waals surface area contributed by atoms with Crippen molar-refractivity contribution in [3.63, 3.8) is 0 Å². The highest BCUT2D eigenvalue weighted by Crippen LogP contribution is 2.31. The largest absolute Gasteiger partial charge is 0.317 e. The van der Waals surface area contributed by atoms with Gasteiger partial charge < -0.3 is 5.32 Å². The van der Waals surface area contributed by atoms with Gasteiger partial charge >= 0.3 is 0 Å². The Balaban J connectivity index is 2.74. The van der Waals surface area contributed by atoms with Gasteiger partial charge in [0.1, 0.15) is 0 Å². The Kier molecular flexibility index (Phi) is 3.73. The molecule has 2 heteroatoms. The summed E-state index contributed by atoms with van der Waals surface area (Å²) in [5.74, 6) is 0. The minimum Gasteiger partial charge on any atom is -0.317 e. The molecule has 1 nitrogen and oxygen atoms in total. The topological polar surface area (TPSA) is 12.0 Å². The maximum Gasteiger partial charge on any atom is 0.00440 e. The molecule has 0 bridgehead atoms. The highest BCUT2D eigenvalue weighted by atomic mass is 32.1. The second kappa shape index (κ2) is 4.45. The Bertz CT molecular complexity index is 288. The van der Waals surface area contributed by atoms with Crippen molar-refractivity contribution in [3.05, 3.63) is 21.9 Å². The van der Waals surface area contributed by atoms with E-state index >= 15 is 0 Å². The molecule has 1 unspecified atom stereocenters. The molecule has 14 heavy (non-hydrogen) atoms. The molecular weight excluding hydrogens is 190 g/mol. The summed E-state index contributed by atoms with van der Waals surface area (Å²) in [5, 5.41) is 5.59. The average Bonchev–Trinajstić information content (AvgIpc) is 2.51. The van der Waals surface area contributed by atoms with Crippen LogP contribution in [0, 0.1) is 6.92 Å². The van der Waals surface area contributed by atoms with Crippen LogP contribution in [0.15, 0.2) is 11.4 Å². The summed E-state index contributed by atoms with van der Waals surface area (Å²) in [6.07, 6.45) is 1.18. The number of rotatable bonds is 4. The Morgan fingerprint density at radius 2 is 2.14 bits per heavy atom. The maximum atomic E-state index is 3.30. The van der Waals surface area contributed by atoms with E-state index in [-0.39, 0.29) is 5.41 Å². The Morgan fingerprint density at radius 1 is 1.50 bits per heavy atom. The predicted molar refractivity (Wildman–Crippen MR) is 65.2 cm³/mol. The monoisotopic (exact) mass is 211 g/mol. The van der Waals surface area contributed by atoms with Crippen LogP contribution >= 0.6 is 11.3 Å². The van der Waals surface area contributed by atoms with Crippen molar-refractivity contribution in [2.24, 2.45) is 0 Å². The average molecular weight is 211 g/mol. The maximum absolute atomic E-state index is 3.30. The first-order chi connectivity index (χ1) is 6.45. The van der Waals surface area contributed by atoms with Gasteiger partial charge in [0.15, 0.2) is 0 Å². The summed E-state index contributed by atoms with van der Waals surface area (Å²) in [6.45, 7) is 9.05. The highest BCUT2D eigenvalue weighted by molar-refractivity contribution is 7.10. The van der Waals surface area contributed by atoms with Crippen molar-refractivity contribution < 1.29 is 0 Å². The summed E-state index contributed by atoms with van der Waals surface area (Å²) < 4.78 is 0. The lowest BCUT2D eigenvalue weighted by Crippen LogP contribution is -2.30. The molecule has 0 saturated carbocycles. The quantitative estimate of drug-likeness (QED) is 0.805. The molecule has 0 spiro atoms. The Labute approximate surface area is 91.5 Å². The Morgan fingerprint density at radius 3 is 2.57 bits per heavy atom. The molecule has 0 aliphatic rings. The van der Waals surface area contributed by atoms with Gasteiger partial charge in [0.05, 0.1) is 0 Å². The fourth-order valence-corrected chi connectivity index (χ4v) is 2.68. The molecule has 0 radical (unpaired) electrons. The zero-order valence-electron chi connectivity index (χ0n) is 9.85. The van der Waals surface area contributed by atoms with Crippen LogP contribution in [0.5, 0.6) is 0 Å². The van der Waals surface area contributed by atoms with Gasteiger partial charge in [-0.2, -0.15) is 0 Å². The van der Waals surface area contributed by atoms with Crippen LogP contribution in [0.25, 0.3) is 0 Å². The van der Waals surface area contributed by atoms with E-state index in [4.69, 9.17) is 0 Å². The van der Waals surface area contributed by atoms with Crippen LogP contribution in [0.4, 0.5) is 0 Å². The van der Waals surface area contributed by atoms with Crippen LogP contribution in [0.2, 0.25) is 0 Å². The van der Waals surface area contributed by atoms with Crippen LogP contribution in [0.1, 0.15) is 37.6 Å². The lowest BCUT2D eigenvalue weighted by Gasteiger charge is -2.27. The molecule has 0 aliphatic carbocycles. The van der Waals surface area contributed by atoms with Crippen LogP contribution in [-0.4, -0.2) is 13.1 Å². The second-order valence-corrected chi connectivity index (χ2v) is 5.84. The second-order valence-electron chi connectivity index (χ2n) is 4.72. The third-order valence-corrected chi connectivity index (χ3v) is 3.68. The number of hydrogen-bond acceptors (Lipinski definition) is 2. The van der Waals surface area contributed by atoms with Crippen molar-refractivity contribution in [3.8, 4) is 0 Å². The van der Waals surface area contributed by atoms with Gasteiger partial charge in [0.25, 0.3) is 0 Å². The molecule has 0 aliphatic heterocycles. The van der Waals surface area contributed by atoms with Gasteiger partial charge in [-0.1, -0.05) is 13.8 Å². The molecule has 0 aromatic carbocycles. The zero-order valence-corrected chi connectivity index (χ0v) is 10.7. The zero-order chi connectivity index (χ0) is 10.8. The van der Waals surface area contributed by atoms with E-state index in [9.17, 15) is 0 Å². The van der Waals surface area contributed by atoms with Gasteiger partial charge in [0.2, 0.25) is 0 Å². The van der Waals surface area contributed by atoms with Gasteiger partial charge in [-0.3, -0.25) is 0 Å². The number of thiophene rings is 1. The van der Waals surface area contributed by atoms with Crippen LogP contribution < -0.4 is 5.32 Å². The van der Waals surface area contributed by atoms with E-state index in [0.717, 1.165) is 0 Å². The molecule has 1 N–H and O–H groups in total. The molecule has 0 saturated heterocycles. The molecule has 1 rings (SSSR count). The summed E-state index contributed by atoms with van der Waals surface area (Å²) in [7, 11) is 2.03. The summed E-state index contributed by atoms with van der Waals surface area (Å²) >= 11 is 1.85. The predicted octanol–water partition coefficient (Wildman–Crippen LogP) is 3.33. The van der Waals surface area contributed by atoms with Crippen LogP contribution in [-0.2, 0) is 5.41 Å². The molecule has 0 fully saturated rings. The summed E-state index contributed by atoms with van der Waals surface area (Å²) in [6, 6.07) is 2.89. The summed E-state index contributed by atoms with van der Waals surface area (Å²) in [5.41, 5.74) is 1.76. The first-order valence-electron chi connectivity index (χ1n) is 5.18. The number of hydrogen-bond donors (Lipinski definition) is 1. The Hall–Kier alpha value is -0.340. The lowest BCUT2D eigenvalue weighted by molar-refractivity contribution is 0.406. The van der Waals surface area contributed by atoms with Gasteiger partial charge in [-0.05, 0) is 49.7 Å². The van der Waals surface area contributed by atoms with E-state index in [0.29, 0.717) is 6.04 Å². The number of nitrogens with one attached hydrogen (secondary N) is 1. The molecule has 1 aromatic rings. The van der Waals surface area contributed by atoms with Crippen molar-refractivity contribution in [2.75, 3.05) is 7.05 Å². The van der Waals surface area contributed by atoms with Crippen molar-refractivity contribution in [2.45, 2.75) is 45.6 Å². The van der Waals surface area contributed by atoms with E-state index in [1.807, 2.05) is 18.4 Å².